The van der Waals surface area contributed by atoms with E-state index in [1.54, 1.807) is 0 Å². The van der Waals surface area contributed by atoms with Crippen LogP contribution in [0.1, 0.15) is 17.0 Å². The van der Waals surface area contributed by atoms with Crippen molar-refractivity contribution in [2.75, 3.05) is 59.5 Å². The molecular formula is C18H30N4O3. The van der Waals surface area contributed by atoms with Crippen molar-refractivity contribution in [3.8, 4) is 0 Å². The van der Waals surface area contributed by atoms with E-state index in [-0.39, 0.29) is 18.4 Å². The molecule has 0 radical (unpaired) electrons. The maximum Gasteiger partial charge on any atom is 0.227 e. The standard InChI is InChI=1S/C18H30N4O3/c1-13-17(14(2)25-19-13)8-18(24)22-10-15(16(11-22)12-23)9-21-6-4-20(3)5-7-21/h15-16,23H,4-12H2,1-3H3/t15-,16-/m1/s1. The molecule has 0 saturated carbocycles. The zero-order chi connectivity index (χ0) is 18.0. The molecule has 1 aromatic rings. The lowest BCUT2D eigenvalue weighted by atomic mass is 9.96. The molecule has 1 amide bonds. The highest BCUT2D eigenvalue weighted by molar-refractivity contribution is 5.79. The second-order valence-corrected chi connectivity index (χ2v) is 7.58. The van der Waals surface area contributed by atoms with Gasteiger partial charge >= 0.3 is 0 Å². The van der Waals surface area contributed by atoms with E-state index in [2.05, 4.69) is 22.0 Å². The topological polar surface area (TPSA) is 73.1 Å². The molecule has 7 heteroatoms. The third kappa shape index (κ3) is 4.22. The SMILES string of the molecule is Cc1noc(C)c1CC(=O)N1C[C@@H](CN2CCN(C)CC2)[C@@H](CO)C1. The van der Waals surface area contributed by atoms with Gasteiger partial charge in [0.25, 0.3) is 0 Å². The molecule has 0 unspecified atom stereocenters. The summed E-state index contributed by atoms with van der Waals surface area (Å²) in [6, 6.07) is 0. The largest absolute Gasteiger partial charge is 0.396 e. The molecule has 3 rings (SSSR count). The van der Waals surface area contributed by atoms with E-state index in [1.807, 2.05) is 18.7 Å². The first-order chi connectivity index (χ1) is 12.0. The van der Waals surface area contributed by atoms with Crippen LogP contribution in [0.15, 0.2) is 4.52 Å². The van der Waals surface area contributed by atoms with Gasteiger partial charge in [-0.1, -0.05) is 5.16 Å². The van der Waals surface area contributed by atoms with Crippen LogP contribution < -0.4 is 0 Å². The Labute approximate surface area is 149 Å². The zero-order valence-electron chi connectivity index (χ0n) is 15.6. The summed E-state index contributed by atoms with van der Waals surface area (Å²) in [7, 11) is 2.15. The highest BCUT2D eigenvalue weighted by atomic mass is 16.5. The maximum absolute atomic E-state index is 12.7. The van der Waals surface area contributed by atoms with Crippen molar-refractivity contribution in [2.45, 2.75) is 20.3 Å². The molecule has 1 aromatic heterocycles. The predicted molar refractivity (Wildman–Crippen MR) is 94.3 cm³/mol. The van der Waals surface area contributed by atoms with E-state index in [0.717, 1.165) is 56.3 Å². The summed E-state index contributed by atoms with van der Waals surface area (Å²) in [6.45, 7) is 10.5. The fourth-order valence-electron chi connectivity index (χ4n) is 3.94. The predicted octanol–water partition coefficient (Wildman–Crippen LogP) is 0.148. The number of hydrogen-bond acceptors (Lipinski definition) is 6. The number of aryl methyl sites for hydroxylation is 2. The third-order valence-corrected chi connectivity index (χ3v) is 5.76. The Kier molecular flexibility index (Phi) is 5.76. The van der Waals surface area contributed by atoms with Crippen LogP contribution in [0, 0.1) is 25.7 Å². The van der Waals surface area contributed by atoms with Crippen LogP contribution in [0.25, 0.3) is 0 Å². The summed E-state index contributed by atoms with van der Waals surface area (Å²) in [4.78, 5) is 19.4. The number of nitrogens with zero attached hydrogens (tertiary/aromatic N) is 4. The van der Waals surface area contributed by atoms with Crippen LogP contribution in [0.4, 0.5) is 0 Å². The lowest BCUT2D eigenvalue weighted by Gasteiger charge is -2.34. The number of likely N-dealkylation sites (tertiary alicyclic amines) is 1. The van der Waals surface area contributed by atoms with Gasteiger partial charge in [-0.3, -0.25) is 4.79 Å². The second-order valence-electron chi connectivity index (χ2n) is 7.58. The third-order valence-electron chi connectivity index (χ3n) is 5.76. The normalized spacial score (nSPS) is 25.7. The number of amides is 1. The monoisotopic (exact) mass is 350 g/mol. The van der Waals surface area contributed by atoms with Gasteiger partial charge in [-0.2, -0.15) is 0 Å². The van der Waals surface area contributed by atoms with Crippen molar-refractivity contribution >= 4 is 5.91 Å². The van der Waals surface area contributed by atoms with E-state index in [9.17, 15) is 9.90 Å². The molecule has 2 aliphatic heterocycles. The Bertz CT molecular complexity index is 576. The van der Waals surface area contributed by atoms with Gasteiger partial charge in [0.05, 0.1) is 12.1 Å². The second kappa shape index (κ2) is 7.85. The molecular weight excluding hydrogens is 320 g/mol. The quantitative estimate of drug-likeness (QED) is 0.815. The minimum Gasteiger partial charge on any atom is -0.396 e. The van der Waals surface area contributed by atoms with Crippen molar-refractivity contribution in [2.24, 2.45) is 11.8 Å². The molecule has 140 valence electrons. The molecule has 2 fully saturated rings. The number of hydrogen-bond donors (Lipinski definition) is 1. The smallest absolute Gasteiger partial charge is 0.227 e. The van der Waals surface area contributed by atoms with E-state index < -0.39 is 0 Å². The fraction of sp³-hybridized carbons (Fsp3) is 0.778. The summed E-state index contributed by atoms with van der Waals surface area (Å²) in [5, 5.41) is 13.7. The molecule has 3 heterocycles. The van der Waals surface area contributed by atoms with Crippen LogP contribution in [-0.2, 0) is 11.2 Å². The van der Waals surface area contributed by atoms with Gasteiger partial charge in [0.1, 0.15) is 5.76 Å². The number of aliphatic hydroxyl groups excluding tert-OH is 1. The maximum atomic E-state index is 12.7. The zero-order valence-corrected chi connectivity index (χ0v) is 15.6. The first kappa shape index (κ1) is 18.4. The van der Waals surface area contributed by atoms with Gasteiger partial charge < -0.3 is 24.3 Å². The average molecular weight is 350 g/mol. The molecule has 2 atom stereocenters. The van der Waals surface area contributed by atoms with Gasteiger partial charge in [-0.25, -0.2) is 0 Å². The van der Waals surface area contributed by atoms with Crippen molar-refractivity contribution in [3.05, 3.63) is 17.0 Å². The van der Waals surface area contributed by atoms with Crippen molar-refractivity contribution in [3.63, 3.8) is 0 Å². The minimum atomic E-state index is 0.105. The Morgan fingerprint density at radius 3 is 2.48 bits per heavy atom. The molecule has 2 aliphatic rings. The first-order valence-corrected chi connectivity index (χ1v) is 9.19. The molecule has 0 bridgehead atoms. The van der Waals surface area contributed by atoms with Crippen molar-refractivity contribution < 1.29 is 14.4 Å². The molecule has 0 aromatic carbocycles. The molecule has 0 aliphatic carbocycles. The van der Waals surface area contributed by atoms with E-state index in [0.29, 0.717) is 18.9 Å². The summed E-state index contributed by atoms with van der Waals surface area (Å²) in [5.74, 6) is 1.35. The van der Waals surface area contributed by atoms with Gasteiger partial charge in [0.15, 0.2) is 0 Å². The average Bonchev–Trinajstić information content (AvgIpc) is 3.15. The van der Waals surface area contributed by atoms with Crippen molar-refractivity contribution in [1.29, 1.82) is 0 Å². The number of aliphatic hydroxyl groups is 1. The van der Waals surface area contributed by atoms with E-state index in [4.69, 9.17) is 4.52 Å². The number of carbonyl (C=O) groups is 1. The lowest BCUT2D eigenvalue weighted by Crippen LogP contribution is -2.47. The van der Waals surface area contributed by atoms with Crippen LogP contribution >= 0.6 is 0 Å². The van der Waals surface area contributed by atoms with Crippen LogP contribution in [0.3, 0.4) is 0 Å². The van der Waals surface area contributed by atoms with E-state index >= 15 is 0 Å². The Hall–Kier alpha value is -1.44. The molecule has 1 N–H and O–H groups in total. The number of rotatable bonds is 5. The van der Waals surface area contributed by atoms with Crippen LogP contribution in [-0.4, -0.2) is 90.3 Å². The molecule has 0 spiro atoms. The summed E-state index contributed by atoms with van der Waals surface area (Å²) in [6.07, 6.45) is 0.334. The molecule has 25 heavy (non-hydrogen) atoms. The molecule has 7 nitrogen and oxygen atoms in total. The number of likely N-dealkylation sites (N-methyl/N-ethyl adjacent to an activating group) is 1. The highest BCUT2D eigenvalue weighted by Gasteiger charge is 2.36. The first-order valence-electron chi connectivity index (χ1n) is 9.19. The summed E-state index contributed by atoms with van der Waals surface area (Å²) >= 11 is 0. The Balaban J connectivity index is 1.58. The van der Waals surface area contributed by atoms with Crippen LogP contribution in [0.5, 0.6) is 0 Å². The van der Waals surface area contributed by atoms with E-state index in [1.165, 1.54) is 0 Å². The van der Waals surface area contributed by atoms with Gasteiger partial charge in [-0.05, 0) is 26.8 Å². The van der Waals surface area contributed by atoms with Gasteiger partial charge in [-0.15, -0.1) is 0 Å². The van der Waals surface area contributed by atoms with Crippen LogP contribution in [0.2, 0.25) is 0 Å². The number of carbonyl (C=O) groups excluding carboxylic acids is 1. The Morgan fingerprint density at radius 1 is 1.20 bits per heavy atom. The molecule has 2 saturated heterocycles. The number of aromatic nitrogens is 1. The Morgan fingerprint density at radius 2 is 1.88 bits per heavy atom. The highest BCUT2D eigenvalue weighted by Crippen LogP contribution is 2.26. The summed E-state index contributed by atoms with van der Waals surface area (Å²) < 4.78 is 5.16. The lowest BCUT2D eigenvalue weighted by molar-refractivity contribution is -0.129. The fourth-order valence-corrected chi connectivity index (χ4v) is 3.94. The number of piperazine rings is 1. The van der Waals surface area contributed by atoms with Gasteiger partial charge in [0.2, 0.25) is 5.91 Å². The van der Waals surface area contributed by atoms with Gasteiger partial charge in [0, 0.05) is 63.9 Å². The van der Waals surface area contributed by atoms with Crippen molar-refractivity contribution in [1.82, 2.24) is 19.9 Å². The summed E-state index contributed by atoms with van der Waals surface area (Å²) in [5.41, 5.74) is 1.69. The minimum absolute atomic E-state index is 0.105.